The molecule has 0 aliphatic heterocycles. The summed E-state index contributed by atoms with van der Waals surface area (Å²) >= 11 is 0. The van der Waals surface area contributed by atoms with Gasteiger partial charge in [0.05, 0.1) is 5.39 Å². The second-order valence-corrected chi connectivity index (χ2v) is 3.14. The van der Waals surface area contributed by atoms with Gasteiger partial charge in [0.15, 0.2) is 0 Å². The number of H-pyrrole nitrogens is 1. The predicted octanol–water partition coefficient (Wildman–Crippen LogP) is -0.0698. The predicted molar refractivity (Wildman–Crippen MR) is 52.3 cm³/mol. The molecule has 2 aromatic rings. The smallest absolute Gasteiger partial charge is 0.291 e. The highest BCUT2D eigenvalue weighted by molar-refractivity contribution is 5.72. The normalized spacial score (nSPS) is 10.7. The summed E-state index contributed by atoms with van der Waals surface area (Å²) in [5.41, 5.74) is 0.344. The molecule has 0 amide bonds. The van der Waals surface area contributed by atoms with Gasteiger partial charge in [-0.15, -0.1) is 0 Å². The summed E-state index contributed by atoms with van der Waals surface area (Å²) in [4.78, 5) is 29.4. The Bertz CT molecular complexity index is 609. The van der Waals surface area contributed by atoms with Gasteiger partial charge in [0.1, 0.15) is 5.65 Å². The second kappa shape index (κ2) is 2.80. The molecule has 0 aliphatic rings. The SMILES string of the molecule is Cc1ccc2c(=O)n(C)c(=O)[nH]c2n1. The van der Waals surface area contributed by atoms with Gasteiger partial charge in [-0.1, -0.05) is 0 Å². The molecular weight excluding hydrogens is 182 g/mol. The Morgan fingerprint density at radius 3 is 2.79 bits per heavy atom. The Morgan fingerprint density at radius 2 is 2.07 bits per heavy atom. The quantitative estimate of drug-likeness (QED) is 0.633. The summed E-state index contributed by atoms with van der Waals surface area (Å²) in [6, 6.07) is 3.40. The first-order valence-corrected chi connectivity index (χ1v) is 4.16. The maximum atomic E-state index is 11.6. The van der Waals surface area contributed by atoms with E-state index in [4.69, 9.17) is 0 Å². The molecule has 0 fully saturated rings. The highest BCUT2D eigenvalue weighted by Gasteiger charge is 2.04. The zero-order valence-corrected chi connectivity index (χ0v) is 7.87. The van der Waals surface area contributed by atoms with Crippen LogP contribution in [0.3, 0.4) is 0 Å². The van der Waals surface area contributed by atoms with Crippen LogP contribution in [0.15, 0.2) is 21.7 Å². The zero-order valence-electron chi connectivity index (χ0n) is 7.87. The van der Waals surface area contributed by atoms with Crippen LogP contribution in [0.1, 0.15) is 5.69 Å². The molecule has 0 spiro atoms. The number of nitrogens with zero attached hydrogens (tertiary/aromatic N) is 2. The van der Waals surface area contributed by atoms with E-state index < -0.39 is 5.69 Å². The molecule has 0 atom stereocenters. The van der Waals surface area contributed by atoms with E-state index in [-0.39, 0.29) is 5.56 Å². The molecule has 0 bridgehead atoms. The number of hydrogen-bond acceptors (Lipinski definition) is 3. The third-order valence-electron chi connectivity index (χ3n) is 2.10. The first-order valence-electron chi connectivity index (χ1n) is 4.16. The molecule has 0 saturated heterocycles. The molecule has 0 radical (unpaired) electrons. The van der Waals surface area contributed by atoms with Crippen molar-refractivity contribution in [1.82, 2.24) is 14.5 Å². The first-order chi connectivity index (χ1) is 6.59. The molecule has 2 aromatic heterocycles. The van der Waals surface area contributed by atoms with Crippen molar-refractivity contribution in [3.8, 4) is 0 Å². The summed E-state index contributed by atoms with van der Waals surface area (Å²) in [5.74, 6) is 0. The van der Waals surface area contributed by atoms with E-state index >= 15 is 0 Å². The van der Waals surface area contributed by atoms with Crippen molar-refractivity contribution in [1.29, 1.82) is 0 Å². The average molecular weight is 191 g/mol. The van der Waals surface area contributed by atoms with Crippen molar-refractivity contribution < 1.29 is 0 Å². The number of aromatic amines is 1. The number of hydrogen-bond donors (Lipinski definition) is 1. The Kier molecular flexibility index (Phi) is 1.73. The lowest BCUT2D eigenvalue weighted by Crippen LogP contribution is -2.32. The molecule has 72 valence electrons. The van der Waals surface area contributed by atoms with Crippen LogP contribution in [-0.2, 0) is 7.05 Å². The Morgan fingerprint density at radius 1 is 1.36 bits per heavy atom. The van der Waals surface area contributed by atoms with Crippen molar-refractivity contribution in [3.05, 3.63) is 38.7 Å². The van der Waals surface area contributed by atoms with Crippen LogP contribution in [0.4, 0.5) is 0 Å². The molecule has 5 nitrogen and oxygen atoms in total. The number of nitrogens with one attached hydrogen (secondary N) is 1. The van der Waals surface area contributed by atoms with Gasteiger partial charge in [-0.2, -0.15) is 0 Å². The van der Waals surface area contributed by atoms with Gasteiger partial charge in [0.2, 0.25) is 0 Å². The molecule has 0 aliphatic carbocycles. The summed E-state index contributed by atoms with van der Waals surface area (Å²) in [5, 5.41) is 0.428. The third kappa shape index (κ3) is 1.14. The summed E-state index contributed by atoms with van der Waals surface area (Å²) in [7, 11) is 1.43. The number of aromatic nitrogens is 3. The van der Waals surface area contributed by atoms with Crippen LogP contribution in [-0.4, -0.2) is 14.5 Å². The van der Waals surface area contributed by atoms with E-state index in [0.29, 0.717) is 11.0 Å². The van der Waals surface area contributed by atoms with Crippen LogP contribution >= 0.6 is 0 Å². The number of rotatable bonds is 0. The van der Waals surface area contributed by atoms with E-state index in [2.05, 4.69) is 9.97 Å². The Hall–Kier alpha value is -1.91. The first kappa shape index (κ1) is 8.68. The molecule has 0 unspecified atom stereocenters. The molecule has 14 heavy (non-hydrogen) atoms. The Balaban J connectivity index is 3.06. The fourth-order valence-corrected chi connectivity index (χ4v) is 1.28. The second-order valence-electron chi connectivity index (χ2n) is 3.14. The van der Waals surface area contributed by atoms with Crippen LogP contribution in [0.2, 0.25) is 0 Å². The van der Waals surface area contributed by atoms with E-state index in [0.717, 1.165) is 10.3 Å². The minimum Gasteiger partial charge on any atom is -0.291 e. The van der Waals surface area contributed by atoms with Crippen molar-refractivity contribution in [2.75, 3.05) is 0 Å². The van der Waals surface area contributed by atoms with Crippen LogP contribution in [0.5, 0.6) is 0 Å². The monoisotopic (exact) mass is 191 g/mol. The average Bonchev–Trinajstić information content (AvgIpc) is 2.14. The summed E-state index contributed by atoms with van der Waals surface area (Å²) in [6.45, 7) is 1.80. The lowest BCUT2D eigenvalue weighted by molar-refractivity contribution is 0.790. The fourth-order valence-electron chi connectivity index (χ4n) is 1.28. The topological polar surface area (TPSA) is 67.8 Å². The summed E-state index contributed by atoms with van der Waals surface area (Å²) < 4.78 is 1.03. The number of aryl methyl sites for hydroxylation is 1. The van der Waals surface area contributed by atoms with Gasteiger partial charge in [-0.3, -0.25) is 14.3 Å². The van der Waals surface area contributed by atoms with Gasteiger partial charge in [0.25, 0.3) is 5.56 Å². The lowest BCUT2D eigenvalue weighted by Gasteiger charge is -2.00. The van der Waals surface area contributed by atoms with E-state index in [1.54, 1.807) is 19.1 Å². The highest BCUT2D eigenvalue weighted by atomic mass is 16.2. The lowest BCUT2D eigenvalue weighted by atomic mass is 10.3. The van der Waals surface area contributed by atoms with Crippen LogP contribution in [0.25, 0.3) is 11.0 Å². The molecule has 2 rings (SSSR count). The van der Waals surface area contributed by atoms with E-state index in [1.165, 1.54) is 7.05 Å². The van der Waals surface area contributed by atoms with Crippen molar-refractivity contribution in [2.24, 2.45) is 7.05 Å². The van der Waals surface area contributed by atoms with Gasteiger partial charge in [0, 0.05) is 12.7 Å². The Labute approximate surface area is 79.0 Å². The molecule has 1 N–H and O–H groups in total. The number of pyridine rings is 1. The molecular formula is C9H9N3O2. The van der Waals surface area contributed by atoms with Gasteiger partial charge < -0.3 is 0 Å². The van der Waals surface area contributed by atoms with E-state index in [9.17, 15) is 9.59 Å². The number of fused-ring (bicyclic) bond motifs is 1. The highest BCUT2D eigenvalue weighted by Crippen LogP contribution is 2.02. The molecule has 5 heteroatoms. The molecule has 0 aromatic carbocycles. The van der Waals surface area contributed by atoms with Crippen molar-refractivity contribution in [3.63, 3.8) is 0 Å². The minimum atomic E-state index is -0.444. The standard InChI is InChI=1S/C9H9N3O2/c1-5-3-4-6-7(10-5)11-9(14)12(2)8(6)13/h3-4H,1-2H3,(H,10,11,14). The summed E-state index contributed by atoms with van der Waals surface area (Å²) in [6.07, 6.45) is 0. The van der Waals surface area contributed by atoms with Crippen molar-refractivity contribution in [2.45, 2.75) is 6.92 Å². The van der Waals surface area contributed by atoms with Crippen molar-refractivity contribution >= 4 is 11.0 Å². The van der Waals surface area contributed by atoms with Crippen LogP contribution < -0.4 is 11.2 Å². The molecule has 0 saturated carbocycles. The minimum absolute atomic E-state index is 0.323. The van der Waals surface area contributed by atoms with Gasteiger partial charge in [-0.05, 0) is 19.1 Å². The largest absolute Gasteiger partial charge is 0.329 e. The van der Waals surface area contributed by atoms with E-state index in [1.807, 2.05) is 0 Å². The maximum absolute atomic E-state index is 11.6. The third-order valence-corrected chi connectivity index (χ3v) is 2.10. The van der Waals surface area contributed by atoms with Gasteiger partial charge in [-0.25, -0.2) is 9.78 Å². The fraction of sp³-hybridized carbons (Fsp3) is 0.222. The zero-order chi connectivity index (χ0) is 10.3. The molecule has 2 heterocycles. The maximum Gasteiger partial charge on any atom is 0.329 e. The van der Waals surface area contributed by atoms with Gasteiger partial charge >= 0.3 is 5.69 Å². The van der Waals surface area contributed by atoms with Crippen LogP contribution in [0, 0.1) is 6.92 Å².